The van der Waals surface area contributed by atoms with E-state index in [-0.39, 0.29) is 22.4 Å². The predicted molar refractivity (Wildman–Crippen MR) is 120 cm³/mol. The summed E-state index contributed by atoms with van der Waals surface area (Å²) in [5.41, 5.74) is 1.23. The summed E-state index contributed by atoms with van der Waals surface area (Å²) < 4.78 is 68.9. The van der Waals surface area contributed by atoms with Crippen molar-refractivity contribution in [3.63, 3.8) is 0 Å². The summed E-state index contributed by atoms with van der Waals surface area (Å²) in [5.74, 6) is -3.67. The first-order chi connectivity index (χ1) is 15.9. The standard InChI is InChI=1S/C27H26F4O2/c1-3-4-16-5-13-22(33-15-16)21-11-10-19(24(28)26(21)30)17-6-8-18(9-7-17)20-12-14-23(32-2)27(31)25(20)29/h6-12,14,16,22H,3-5,13,15H2,1-2H3. The molecular weight excluding hydrogens is 432 g/mol. The van der Waals surface area contributed by atoms with Gasteiger partial charge < -0.3 is 9.47 Å². The van der Waals surface area contributed by atoms with E-state index in [4.69, 9.17) is 9.47 Å². The van der Waals surface area contributed by atoms with Crippen molar-refractivity contribution in [3.8, 4) is 28.0 Å². The Morgan fingerprint density at radius 2 is 1.39 bits per heavy atom. The van der Waals surface area contributed by atoms with Crippen LogP contribution in [0, 0.1) is 29.2 Å². The molecule has 1 aliphatic rings. The molecule has 0 aliphatic carbocycles. The summed E-state index contributed by atoms with van der Waals surface area (Å²) in [6.45, 7) is 2.68. The highest BCUT2D eigenvalue weighted by atomic mass is 19.2. The first-order valence-corrected chi connectivity index (χ1v) is 11.2. The summed E-state index contributed by atoms with van der Waals surface area (Å²) in [7, 11) is 1.26. The Bertz CT molecular complexity index is 1120. The number of benzene rings is 3. The Labute approximate surface area is 191 Å². The van der Waals surface area contributed by atoms with Crippen molar-refractivity contribution >= 4 is 0 Å². The van der Waals surface area contributed by atoms with Gasteiger partial charge in [0.25, 0.3) is 0 Å². The number of hydrogen-bond acceptors (Lipinski definition) is 2. The molecule has 0 radical (unpaired) electrons. The maximum atomic E-state index is 15.0. The Kier molecular flexibility index (Phi) is 7.03. The van der Waals surface area contributed by atoms with E-state index in [2.05, 4.69) is 6.92 Å². The van der Waals surface area contributed by atoms with Crippen molar-refractivity contribution in [2.24, 2.45) is 5.92 Å². The molecule has 0 aromatic heterocycles. The number of methoxy groups -OCH3 is 1. The molecule has 2 unspecified atom stereocenters. The summed E-state index contributed by atoms with van der Waals surface area (Å²) in [4.78, 5) is 0. The third-order valence-electron chi connectivity index (χ3n) is 6.30. The maximum Gasteiger partial charge on any atom is 0.201 e. The molecule has 0 saturated carbocycles. The minimum atomic E-state index is -1.08. The summed E-state index contributed by atoms with van der Waals surface area (Å²) in [6.07, 6.45) is 3.31. The fraction of sp³-hybridized carbons (Fsp3) is 0.333. The fourth-order valence-electron chi connectivity index (χ4n) is 4.46. The van der Waals surface area contributed by atoms with E-state index in [1.165, 1.54) is 25.3 Å². The Balaban J connectivity index is 1.57. The summed E-state index contributed by atoms with van der Waals surface area (Å²) >= 11 is 0. The molecular formula is C27H26F4O2. The largest absolute Gasteiger partial charge is 0.494 e. The number of halogens is 4. The highest BCUT2D eigenvalue weighted by Gasteiger charge is 2.27. The lowest BCUT2D eigenvalue weighted by Crippen LogP contribution is -2.21. The number of rotatable bonds is 6. The van der Waals surface area contributed by atoms with Crippen molar-refractivity contribution in [2.45, 2.75) is 38.7 Å². The van der Waals surface area contributed by atoms with Gasteiger partial charge in [-0.2, -0.15) is 4.39 Å². The molecule has 0 spiro atoms. The van der Waals surface area contributed by atoms with E-state index in [0.717, 1.165) is 19.3 Å². The van der Waals surface area contributed by atoms with E-state index in [1.807, 2.05) is 0 Å². The van der Waals surface area contributed by atoms with Gasteiger partial charge in [0.1, 0.15) is 0 Å². The van der Waals surface area contributed by atoms with Gasteiger partial charge in [-0.05, 0) is 48.4 Å². The van der Waals surface area contributed by atoms with E-state index < -0.39 is 29.4 Å². The molecule has 33 heavy (non-hydrogen) atoms. The van der Waals surface area contributed by atoms with Gasteiger partial charge in [0, 0.05) is 16.7 Å². The molecule has 6 heteroatoms. The monoisotopic (exact) mass is 458 g/mol. The van der Waals surface area contributed by atoms with Crippen molar-refractivity contribution < 1.29 is 27.0 Å². The molecule has 4 rings (SSSR count). The second-order valence-corrected chi connectivity index (χ2v) is 8.41. The lowest BCUT2D eigenvalue weighted by atomic mass is 9.90. The molecule has 1 heterocycles. The van der Waals surface area contributed by atoms with E-state index in [1.54, 1.807) is 30.3 Å². The zero-order valence-corrected chi connectivity index (χ0v) is 18.6. The Morgan fingerprint density at radius 3 is 1.94 bits per heavy atom. The van der Waals surface area contributed by atoms with Gasteiger partial charge in [0.2, 0.25) is 5.82 Å². The van der Waals surface area contributed by atoms with Crippen LogP contribution >= 0.6 is 0 Å². The van der Waals surface area contributed by atoms with Crippen LogP contribution in [-0.4, -0.2) is 13.7 Å². The van der Waals surface area contributed by atoms with Gasteiger partial charge in [0.05, 0.1) is 19.8 Å². The van der Waals surface area contributed by atoms with E-state index in [0.29, 0.717) is 30.1 Å². The van der Waals surface area contributed by atoms with Crippen LogP contribution < -0.4 is 4.74 Å². The van der Waals surface area contributed by atoms with Crippen molar-refractivity contribution in [1.29, 1.82) is 0 Å². The van der Waals surface area contributed by atoms with Gasteiger partial charge in [-0.3, -0.25) is 0 Å². The highest BCUT2D eigenvalue weighted by molar-refractivity contribution is 5.71. The van der Waals surface area contributed by atoms with Crippen molar-refractivity contribution in [3.05, 3.63) is 77.4 Å². The van der Waals surface area contributed by atoms with Gasteiger partial charge in [-0.25, -0.2) is 13.2 Å². The number of hydrogen-bond donors (Lipinski definition) is 0. The van der Waals surface area contributed by atoms with Crippen LogP contribution in [-0.2, 0) is 4.74 Å². The van der Waals surface area contributed by atoms with E-state index in [9.17, 15) is 17.6 Å². The molecule has 2 nitrogen and oxygen atoms in total. The zero-order chi connectivity index (χ0) is 23.5. The minimum Gasteiger partial charge on any atom is -0.494 e. The second kappa shape index (κ2) is 9.96. The van der Waals surface area contributed by atoms with Gasteiger partial charge >= 0.3 is 0 Å². The molecule has 1 saturated heterocycles. The van der Waals surface area contributed by atoms with Crippen molar-refractivity contribution in [2.75, 3.05) is 13.7 Å². The predicted octanol–water partition coefficient (Wildman–Crippen LogP) is 7.85. The van der Waals surface area contributed by atoms with Gasteiger partial charge in [-0.15, -0.1) is 0 Å². The molecule has 2 atom stereocenters. The third-order valence-corrected chi connectivity index (χ3v) is 6.30. The minimum absolute atomic E-state index is 0.0534. The van der Waals surface area contributed by atoms with E-state index >= 15 is 0 Å². The first kappa shape index (κ1) is 23.3. The first-order valence-electron chi connectivity index (χ1n) is 11.2. The average Bonchev–Trinajstić information content (AvgIpc) is 2.84. The van der Waals surface area contributed by atoms with Gasteiger partial charge in [0.15, 0.2) is 23.2 Å². The van der Waals surface area contributed by atoms with Crippen LogP contribution in [0.15, 0.2) is 48.5 Å². The molecule has 3 aromatic carbocycles. The molecule has 1 fully saturated rings. The number of ether oxygens (including phenoxy) is 2. The second-order valence-electron chi connectivity index (χ2n) is 8.41. The quantitative estimate of drug-likeness (QED) is 0.350. The SMILES string of the molecule is CCCC1CCC(c2ccc(-c3ccc(-c4ccc(OC)c(F)c4F)cc3)c(F)c2F)OC1. The smallest absolute Gasteiger partial charge is 0.201 e. The third kappa shape index (κ3) is 4.62. The normalized spacial score (nSPS) is 18.4. The topological polar surface area (TPSA) is 18.5 Å². The van der Waals surface area contributed by atoms with Crippen LogP contribution in [0.3, 0.4) is 0 Å². The summed E-state index contributed by atoms with van der Waals surface area (Å²) in [5, 5.41) is 0. The van der Waals surface area contributed by atoms with Gasteiger partial charge in [-0.1, -0.05) is 49.7 Å². The molecule has 174 valence electrons. The lowest BCUT2D eigenvalue weighted by molar-refractivity contribution is -0.0214. The zero-order valence-electron chi connectivity index (χ0n) is 18.6. The molecule has 1 aliphatic heterocycles. The summed E-state index contributed by atoms with van der Waals surface area (Å²) in [6, 6.07) is 12.1. The van der Waals surface area contributed by atoms with Crippen LogP contribution in [0.4, 0.5) is 17.6 Å². The molecule has 3 aromatic rings. The van der Waals surface area contributed by atoms with Crippen LogP contribution in [0.1, 0.15) is 44.3 Å². The van der Waals surface area contributed by atoms with Crippen molar-refractivity contribution in [1.82, 2.24) is 0 Å². The van der Waals surface area contributed by atoms with Crippen LogP contribution in [0.5, 0.6) is 5.75 Å². The molecule has 0 N–H and O–H groups in total. The van der Waals surface area contributed by atoms with Crippen LogP contribution in [0.2, 0.25) is 0 Å². The average molecular weight is 458 g/mol. The Hall–Kier alpha value is -2.86. The fourth-order valence-corrected chi connectivity index (χ4v) is 4.46. The maximum absolute atomic E-state index is 15.0. The molecule has 0 bridgehead atoms. The van der Waals surface area contributed by atoms with Crippen LogP contribution in [0.25, 0.3) is 22.3 Å². The molecule has 0 amide bonds. The lowest BCUT2D eigenvalue weighted by Gasteiger charge is -2.29. The Morgan fingerprint density at radius 1 is 0.788 bits per heavy atom. The highest BCUT2D eigenvalue weighted by Crippen LogP contribution is 2.37.